The zero-order valence-corrected chi connectivity index (χ0v) is 13.4. The van der Waals surface area contributed by atoms with Crippen molar-refractivity contribution in [2.75, 3.05) is 20.1 Å². The minimum atomic E-state index is -3.53. The van der Waals surface area contributed by atoms with Crippen molar-refractivity contribution in [3.05, 3.63) is 29.8 Å². The number of hydrogen-bond donors (Lipinski definition) is 3. The Hall–Kier alpha value is -1.15. The molecule has 1 amide bonds. The van der Waals surface area contributed by atoms with Gasteiger partial charge in [0.05, 0.1) is 4.90 Å². The number of amides is 1. The molecule has 2 rings (SSSR count). The topological polar surface area (TPSA) is 87.3 Å². The predicted molar refractivity (Wildman–Crippen MR) is 83.3 cm³/mol. The first-order chi connectivity index (χ1) is 9.53. The number of halogens is 1. The van der Waals surface area contributed by atoms with E-state index < -0.39 is 10.0 Å². The van der Waals surface area contributed by atoms with Crippen LogP contribution in [-0.4, -0.2) is 40.5 Å². The van der Waals surface area contributed by atoms with Crippen LogP contribution in [0.5, 0.6) is 0 Å². The first-order valence-electron chi connectivity index (χ1n) is 6.58. The summed E-state index contributed by atoms with van der Waals surface area (Å²) in [5.41, 5.74) is 0.436. The van der Waals surface area contributed by atoms with E-state index in [2.05, 4.69) is 15.4 Å². The average Bonchev–Trinajstić information content (AvgIpc) is 2.47. The lowest BCUT2D eigenvalue weighted by Gasteiger charge is -2.23. The highest BCUT2D eigenvalue weighted by Crippen LogP contribution is 2.13. The molecule has 1 aliphatic heterocycles. The van der Waals surface area contributed by atoms with Gasteiger partial charge in [0.2, 0.25) is 10.0 Å². The van der Waals surface area contributed by atoms with Crippen LogP contribution in [0.3, 0.4) is 0 Å². The number of hydrogen-bond acceptors (Lipinski definition) is 4. The Morgan fingerprint density at radius 3 is 2.48 bits per heavy atom. The number of nitrogens with one attached hydrogen (secondary N) is 3. The van der Waals surface area contributed by atoms with Gasteiger partial charge in [-0.15, -0.1) is 12.4 Å². The van der Waals surface area contributed by atoms with Gasteiger partial charge >= 0.3 is 0 Å². The molecule has 0 unspecified atom stereocenters. The molecule has 0 saturated carbocycles. The van der Waals surface area contributed by atoms with Gasteiger partial charge in [0.1, 0.15) is 0 Å². The van der Waals surface area contributed by atoms with Crippen molar-refractivity contribution in [1.29, 1.82) is 0 Å². The first-order valence-corrected chi connectivity index (χ1v) is 8.06. The predicted octanol–water partition coefficient (Wildman–Crippen LogP) is 0.498. The second-order valence-electron chi connectivity index (χ2n) is 4.77. The third kappa shape index (κ3) is 4.67. The number of sulfonamides is 1. The van der Waals surface area contributed by atoms with Crippen LogP contribution in [0.15, 0.2) is 29.2 Å². The minimum Gasteiger partial charge on any atom is -0.355 e. The van der Waals surface area contributed by atoms with Gasteiger partial charge in [0.25, 0.3) is 5.91 Å². The van der Waals surface area contributed by atoms with E-state index in [-0.39, 0.29) is 29.3 Å². The third-order valence-electron chi connectivity index (χ3n) is 3.27. The fourth-order valence-corrected chi connectivity index (χ4v) is 3.44. The van der Waals surface area contributed by atoms with Crippen LogP contribution in [-0.2, 0) is 10.0 Å². The Bertz CT molecular complexity index is 569. The number of carbonyl (C=O) groups is 1. The molecule has 1 atom stereocenters. The van der Waals surface area contributed by atoms with Crippen LogP contribution >= 0.6 is 12.4 Å². The minimum absolute atomic E-state index is 0. The van der Waals surface area contributed by atoms with Crippen molar-refractivity contribution in [2.24, 2.45) is 0 Å². The summed E-state index contributed by atoms with van der Waals surface area (Å²) in [4.78, 5) is 11.6. The van der Waals surface area contributed by atoms with Gasteiger partial charge in [0.15, 0.2) is 0 Å². The molecule has 118 valence electrons. The van der Waals surface area contributed by atoms with E-state index in [0.717, 1.165) is 19.4 Å². The van der Waals surface area contributed by atoms with E-state index >= 15 is 0 Å². The van der Waals surface area contributed by atoms with E-state index in [1.54, 1.807) is 0 Å². The summed E-state index contributed by atoms with van der Waals surface area (Å²) in [6.45, 7) is 1.58. The SMILES string of the molecule is CNC(=O)c1ccc(S(=O)(=O)N[C@H]2CCCNC2)cc1.Cl. The van der Waals surface area contributed by atoms with Crippen LogP contribution in [0.25, 0.3) is 0 Å². The molecule has 0 aromatic heterocycles. The molecule has 0 bridgehead atoms. The third-order valence-corrected chi connectivity index (χ3v) is 4.81. The van der Waals surface area contributed by atoms with Gasteiger partial charge in [0, 0.05) is 25.2 Å². The zero-order chi connectivity index (χ0) is 14.6. The Balaban J connectivity index is 0.00000220. The van der Waals surface area contributed by atoms with Crippen molar-refractivity contribution >= 4 is 28.3 Å². The molecule has 0 radical (unpaired) electrons. The highest BCUT2D eigenvalue weighted by molar-refractivity contribution is 7.89. The van der Waals surface area contributed by atoms with Crippen molar-refractivity contribution in [2.45, 2.75) is 23.8 Å². The zero-order valence-electron chi connectivity index (χ0n) is 11.8. The molecule has 1 heterocycles. The quantitative estimate of drug-likeness (QED) is 0.748. The molecular formula is C13H20ClN3O3S. The average molecular weight is 334 g/mol. The second kappa shape index (κ2) is 7.74. The van der Waals surface area contributed by atoms with Gasteiger partial charge in [-0.1, -0.05) is 0 Å². The second-order valence-corrected chi connectivity index (χ2v) is 6.48. The molecule has 8 heteroatoms. The lowest BCUT2D eigenvalue weighted by atomic mass is 10.1. The molecule has 1 saturated heterocycles. The van der Waals surface area contributed by atoms with Crippen LogP contribution in [0, 0.1) is 0 Å². The molecule has 1 fully saturated rings. The molecule has 0 spiro atoms. The summed E-state index contributed by atoms with van der Waals surface area (Å²) in [6, 6.07) is 5.83. The van der Waals surface area contributed by atoms with Crippen molar-refractivity contribution < 1.29 is 13.2 Å². The number of carbonyl (C=O) groups excluding carboxylic acids is 1. The first kappa shape index (κ1) is 17.9. The van der Waals surface area contributed by atoms with E-state index in [4.69, 9.17) is 0 Å². The Morgan fingerprint density at radius 1 is 1.29 bits per heavy atom. The van der Waals surface area contributed by atoms with Crippen LogP contribution in [0.4, 0.5) is 0 Å². The molecular weight excluding hydrogens is 314 g/mol. The number of benzene rings is 1. The summed E-state index contributed by atoms with van der Waals surface area (Å²) in [5.74, 6) is -0.238. The molecule has 1 aromatic carbocycles. The maximum absolute atomic E-state index is 12.2. The molecule has 21 heavy (non-hydrogen) atoms. The maximum Gasteiger partial charge on any atom is 0.251 e. The fourth-order valence-electron chi connectivity index (χ4n) is 2.17. The summed E-state index contributed by atoms with van der Waals surface area (Å²) >= 11 is 0. The highest BCUT2D eigenvalue weighted by Gasteiger charge is 2.21. The molecule has 3 N–H and O–H groups in total. The standard InChI is InChI=1S/C13H19N3O3S.ClH/c1-14-13(17)10-4-6-12(7-5-10)20(18,19)16-11-3-2-8-15-9-11;/h4-7,11,15-16H,2-3,8-9H2,1H3,(H,14,17);1H/t11-;/m0./s1. The van der Waals surface area contributed by atoms with Crippen molar-refractivity contribution in [1.82, 2.24) is 15.4 Å². The lowest BCUT2D eigenvalue weighted by molar-refractivity contribution is 0.0963. The largest absolute Gasteiger partial charge is 0.355 e. The maximum atomic E-state index is 12.2. The van der Waals surface area contributed by atoms with Crippen LogP contribution < -0.4 is 15.4 Å². The van der Waals surface area contributed by atoms with Crippen LogP contribution in [0.1, 0.15) is 23.2 Å². The normalized spacial score (nSPS) is 18.6. The van der Waals surface area contributed by atoms with Crippen LogP contribution in [0.2, 0.25) is 0 Å². The summed E-state index contributed by atoms with van der Waals surface area (Å²) < 4.78 is 27.1. The van der Waals surface area contributed by atoms with E-state index in [0.29, 0.717) is 12.1 Å². The monoisotopic (exact) mass is 333 g/mol. The molecule has 6 nitrogen and oxygen atoms in total. The number of piperidine rings is 1. The van der Waals surface area contributed by atoms with Gasteiger partial charge in [-0.2, -0.15) is 0 Å². The van der Waals surface area contributed by atoms with Crippen molar-refractivity contribution in [3.63, 3.8) is 0 Å². The smallest absolute Gasteiger partial charge is 0.251 e. The van der Waals surface area contributed by atoms with Gasteiger partial charge in [-0.05, 0) is 43.7 Å². The van der Waals surface area contributed by atoms with E-state index in [1.807, 2.05) is 0 Å². The Labute approximate surface area is 131 Å². The fraction of sp³-hybridized carbons (Fsp3) is 0.462. The summed E-state index contributed by atoms with van der Waals surface area (Å²) in [7, 11) is -2.00. The lowest BCUT2D eigenvalue weighted by Crippen LogP contribution is -2.45. The van der Waals surface area contributed by atoms with Gasteiger partial charge in [-0.3, -0.25) is 4.79 Å². The number of rotatable bonds is 4. The highest BCUT2D eigenvalue weighted by atomic mass is 35.5. The van der Waals surface area contributed by atoms with E-state index in [9.17, 15) is 13.2 Å². The molecule has 1 aromatic rings. The van der Waals surface area contributed by atoms with E-state index in [1.165, 1.54) is 31.3 Å². The van der Waals surface area contributed by atoms with Gasteiger partial charge < -0.3 is 10.6 Å². The molecule has 1 aliphatic rings. The Kier molecular flexibility index (Phi) is 6.60. The summed E-state index contributed by atoms with van der Waals surface area (Å²) in [6.07, 6.45) is 1.80. The Morgan fingerprint density at radius 2 is 1.95 bits per heavy atom. The van der Waals surface area contributed by atoms with Gasteiger partial charge in [-0.25, -0.2) is 13.1 Å². The summed E-state index contributed by atoms with van der Waals surface area (Å²) in [5, 5.41) is 5.65. The van der Waals surface area contributed by atoms with Crippen molar-refractivity contribution in [3.8, 4) is 0 Å². The molecule has 0 aliphatic carbocycles.